The summed E-state index contributed by atoms with van der Waals surface area (Å²) in [4.78, 5) is 30.8. The maximum absolute atomic E-state index is 12.3. The lowest BCUT2D eigenvalue weighted by Gasteiger charge is -2.38. The Morgan fingerprint density at radius 1 is 1.38 bits per heavy atom. The van der Waals surface area contributed by atoms with E-state index in [0.717, 1.165) is 25.1 Å². The van der Waals surface area contributed by atoms with Crippen LogP contribution in [0.4, 0.5) is 0 Å². The van der Waals surface area contributed by atoms with Crippen molar-refractivity contribution in [3.63, 3.8) is 0 Å². The Morgan fingerprint density at radius 3 is 3.00 bits per heavy atom. The summed E-state index contributed by atoms with van der Waals surface area (Å²) in [6.45, 7) is 2.58. The van der Waals surface area contributed by atoms with E-state index in [0.29, 0.717) is 32.2 Å². The number of amides is 2. The molecule has 1 aromatic heterocycles. The summed E-state index contributed by atoms with van der Waals surface area (Å²) in [6.07, 6.45) is 9.02. The van der Waals surface area contributed by atoms with Gasteiger partial charge in [0.25, 0.3) is 0 Å². The summed E-state index contributed by atoms with van der Waals surface area (Å²) in [7, 11) is 0. The van der Waals surface area contributed by atoms with Crippen molar-refractivity contribution in [3.05, 3.63) is 24.5 Å². The minimum atomic E-state index is -0.335. The van der Waals surface area contributed by atoms with Crippen LogP contribution in [0.5, 0.6) is 5.75 Å². The number of hydrogen-bond donors (Lipinski definition) is 2. The van der Waals surface area contributed by atoms with E-state index in [4.69, 9.17) is 4.74 Å². The molecule has 7 heteroatoms. The third kappa shape index (κ3) is 5.17. The first-order chi connectivity index (χ1) is 12.7. The van der Waals surface area contributed by atoms with Crippen LogP contribution in [0.15, 0.2) is 24.5 Å². The van der Waals surface area contributed by atoms with Gasteiger partial charge in [-0.1, -0.05) is 12.8 Å². The van der Waals surface area contributed by atoms with Gasteiger partial charge < -0.3 is 15.4 Å². The van der Waals surface area contributed by atoms with Crippen LogP contribution >= 0.6 is 0 Å². The number of piperazine rings is 1. The van der Waals surface area contributed by atoms with E-state index in [1.165, 1.54) is 12.8 Å². The van der Waals surface area contributed by atoms with Gasteiger partial charge >= 0.3 is 0 Å². The number of aromatic nitrogens is 1. The molecule has 26 heavy (non-hydrogen) atoms. The van der Waals surface area contributed by atoms with Crippen LogP contribution in [-0.4, -0.2) is 60.0 Å². The molecule has 1 saturated carbocycles. The fourth-order valence-electron chi connectivity index (χ4n) is 3.79. The molecule has 1 aromatic rings. The zero-order valence-corrected chi connectivity index (χ0v) is 15.2. The van der Waals surface area contributed by atoms with Crippen LogP contribution in [0.2, 0.25) is 0 Å². The Labute approximate surface area is 154 Å². The van der Waals surface area contributed by atoms with Gasteiger partial charge in [0, 0.05) is 31.9 Å². The van der Waals surface area contributed by atoms with Crippen molar-refractivity contribution in [3.8, 4) is 5.75 Å². The average molecular weight is 360 g/mol. The number of ether oxygens (including phenoxy) is 1. The Morgan fingerprint density at radius 2 is 2.23 bits per heavy atom. The normalized spacial score (nSPS) is 21.4. The van der Waals surface area contributed by atoms with Gasteiger partial charge in [-0.3, -0.25) is 19.5 Å². The molecule has 0 bridgehead atoms. The van der Waals surface area contributed by atoms with E-state index in [-0.39, 0.29) is 24.3 Å². The van der Waals surface area contributed by atoms with Crippen LogP contribution in [0, 0.1) is 0 Å². The van der Waals surface area contributed by atoms with Gasteiger partial charge in [0.05, 0.1) is 25.3 Å². The van der Waals surface area contributed by atoms with Gasteiger partial charge in [-0.15, -0.1) is 0 Å². The molecule has 1 saturated heterocycles. The highest BCUT2D eigenvalue weighted by molar-refractivity contribution is 5.88. The fourth-order valence-corrected chi connectivity index (χ4v) is 3.79. The number of nitrogens with one attached hydrogen (secondary N) is 2. The van der Waals surface area contributed by atoms with E-state index in [9.17, 15) is 9.59 Å². The lowest BCUT2D eigenvalue weighted by molar-refractivity contribution is -0.135. The molecular formula is C19H28N4O3. The quantitative estimate of drug-likeness (QED) is 0.679. The summed E-state index contributed by atoms with van der Waals surface area (Å²) in [5.74, 6) is 0.638. The highest BCUT2D eigenvalue weighted by Crippen LogP contribution is 2.26. The molecule has 2 N–H and O–H groups in total. The standard InChI is InChI=1S/C19H28N4O3/c24-18(21-9-4-12-26-16-7-3-8-20-14-16)13-17-19(25)22-10-11-23(17)15-5-1-2-6-15/h3,7-8,14-15,17H,1-2,4-6,9-13H2,(H,21,24)(H,22,25)/t17-/m1/s1. The lowest BCUT2D eigenvalue weighted by Crippen LogP contribution is -2.59. The van der Waals surface area contributed by atoms with Gasteiger partial charge in [0.2, 0.25) is 11.8 Å². The number of rotatable bonds is 8. The van der Waals surface area contributed by atoms with Crippen molar-refractivity contribution >= 4 is 11.8 Å². The van der Waals surface area contributed by atoms with Crippen molar-refractivity contribution in [2.75, 3.05) is 26.2 Å². The minimum Gasteiger partial charge on any atom is -0.492 e. The van der Waals surface area contributed by atoms with Gasteiger partial charge in [0.1, 0.15) is 5.75 Å². The third-order valence-corrected chi connectivity index (χ3v) is 5.09. The van der Waals surface area contributed by atoms with Crippen molar-refractivity contribution in [1.82, 2.24) is 20.5 Å². The molecule has 2 fully saturated rings. The van der Waals surface area contributed by atoms with E-state index in [1.54, 1.807) is 12.4 Å². The highest BCUT2D eigenvalue weighted by Gasteiger charge is 2.36. The SMILES string of the molecule is O=C(C[C@@H]1C(=O)NCCN1C1CCCC1)NCCCOc1cccnc1. The van der Waals surface area contributed by atoms with Gasteiger partial charge in [-0.2, -0.15) is 0 Å². The molecule has 7 nitrogen and oxygen atoms in total. The predicted molar refractivity (Wildman–Crippen MR) is 97.7 cm³/mol. The predicted octanol–water partition coefficient (Wildman–Crippen LogP) is 1.10. The van der Waals surface area contributed by atoms with E-state index >= 15 is 0 Å². The third-order valence-electron chi connectivity index (χ3n) is 5.09. The van der Waals surface area contributed by atoms with Crippen LogP contribution in [0.3, 0.4) is 0 Å². The Bertz CT molecular complexity index is 590. The summed E-state index contributed by atoms with van der Waals surface area (Å²) in [5, 5.41) is 5.81. The molecule has 0 spiro atoms. The molecule has 3 rings (SSSR count). The van der Waals surface area contributed by atoms with Crippen LogP contribution in [-0.2, 0) is 9.59 Å². The second kappa shape index (κ2) is 9.52. The maximum Gasteiger partial charge on any atom is 0.237 e. The molecule has 2 aliphatic rings. The molecule has 2 heterocycles. The van der Waals surface area contributed by atoms with Crippen LogP contribution < -0.4 is 15.4 Å². The maximum atomic E-state index is 12.3. The molecule has 0 radical (unpaired) electrons. The molecule has 1 atom stereocenters. The smallest absolute Gasteiger partial charge is 0.237 e. The van der Waals surface area contributed by atoms with Crippen molar-refractivity contribution in [2.24, 2.45) is 0 Å². The van der Waals surface area contributed by atoms with Crippen molar-refractivity contribution in [1.29, 1.82) is 0 Å². The monoisotopic (exact) mass is 360 g/mol. The first-order valence-corrected chi connectivity index (χ1v) is 9.57. The van der Waals surface area contributed by atoms with Crippen molar-refractivity contribution < 1.29 is 14.3 Å². The minimum absolute atomic E-state index is 0.0155. The number of hydrogen-bond acceptors (Lipinski definition) is 5. The second-order valence-corrected chi connectivity index (χ2v) is 6.93. The number of pyridine rings is 1. The zero-order chi connectivity index (χ0) is 18.2. The molecule has 0 aromatic carbocycles. The zero-order valence-electron chi connectivity index (χ0n) is 15.2. The summed E-state index contributed by atoms with van der Waals surface area (Å²) in [5.41, 5.74) is 0. The van der Waals surface area contributed by atoms with Gasteiger partial charge in [0.15, 0.2) is 0 Å². The molecule has 2 amide bonds. The first-order valence-electron chi connectivity index (χ1n) is 9.57. The second-order valence-electron chi connectivity index (χ2n) is 6.93. The van der Waals surface area contributed by atoms with Crippen molar-refractivity contribution in [2.45, 2.75) is 50.6 Å². The van der Waals surface area contributed by atoms with Gasteiger partial charge in [-0.25, -0.2) is 0 Å². The molecular weight excluding hydrogens is 332 g/mol. The Balaban J connectivity index is 1.39. The topological polar surface area (TPSA) is 83.6 Å². The summed E-state index contributed by atoms with van der Waals surface area (Å²) in [6, 6.07) is 3.79. The number of carbonyl (C=O) groups is 2. The van der Waals surface area contributed by atoms with Crippen LogP contribution in [0.1, 0.15) is 38.5 Å². The Hall–Kier alpha value is -2.15. The molecule has 142 valence electrons. The first kappa shape index (κ1) is 18.6. The average Bonchev–Trinajstić information content (AvgIpc) is 3.18. The highest BCUT2D eigenvalue weighted by atomic mass is 16.5. The van der Waals surface area contributed by atoms with E-state index in [1.807, 2.05) is 12.1 Å². The fraction of sp³-hybridized carbons (Fsp3) is 0.632. The summed E-state index contributed by atoms with van der Waals surface area (Å²) < 4.78 is 5.55. The molecule has 0 unspecified atom stereocenters. The number of nitrogens with zero attached hydrogens (tertiary/aromatic N) is 2. The molecule has 1 aliphatic carbocycles. The lowest BCUT2D eigenvalue weighted by atomic mass is 10.0. The molecule has 1 aliphatic heterocycles. The largest absolute Gasteiger partial charge is 0.492 e. The number of carbonyl (C=O) groups excluding carboxylic acids is 2. The van der Waals surface area contributed by atoms with E-state index in [2.05, 4.69) is 20.5 Å². The summed E-state index contributed by atoms with van der Waals surface area (Å²) >= 11 is 0. The van der Waals surface area contributed by atoms with E-state index < -0.39 is 0 Å². The van der Waals surface area contributed by atoms with Crippen LogP contribution in [0.25, 0.3) is 0 Å². The Kier molecular flexibility index (Phi) is 6.82. The van der Waals surface area contributed by atoms with Gasteiger partial charge in [-0.05, 0) is 31.4 Å².